The highest BCUT2D eigenvalue weighted by molar-refractivity contribution is 5.93. The highest BCUT2D eigenvalue weighted by atomic mass is 16.5. The van der Waals surface area contributed by atoms with Crippen molar-refractivity contribution in [3.8, 4) is 11.5 Å². The lowest BCUT2D eigenvalue weighted by molar-refractivity contribution is 0.0733. The molecule has 0 saturated carbocycles. The van der Waals surface area contributed by atoms with Crippen molar-refractivity contribution in [2.75, 3.05) is 46.3 Å². The van der Waals surface area contributed by atoms with Crippen LogP contribution in [0.15, 0.2) is 24.5 Å². The number of aromatic nitrogens is 2. The van der Waals surface area contributed by atoms with E-state index in [-0.39, 0.29) is 5.91 Å². The molecule has 144 valence electrons. The van der Waals surface area contributed by atoms with E-state index in [1.54, 1.807) is 38.6 Å². The average molecular weight is 372 g/mol. The molecule has 2 aromatic rings. The first-order chi connectivity index (χ1) is 13.2. The summed E-state index contributed by atoms with van der Waals surface area (Å²) in [5, 5.41) is 3.03. The molecule has 0 spiro atoms. The monoisotopic (exact) mass is 372 g/mol. The third kappa shape index (κ3) is 4.28. The molecule has 1 aromatic heterocycles. The number of hydrogen-bond acceptors (Lipinski definition) is 7. The molecule has 2 heterocycles. The number of nitrogens with zero attached hydrogens (tertiary/aromatic N) is 3. The summed E-state index contributed by atoms with van der Waals surface area (Å²) in [6, 6.07) is 3.92. The summed E-state index contributed by atoms with van der Waals surface area (Å²) in [6.45, 7) is 2.32. The van der Waals surface area contributed by atoms with Crippen LogP contribution in [0.5, 0.6) is 11.5 Å². The fourth-order valence-electron chi connectivity index (χ4n) is 3.03. The Balaban J connectivity index is 1.70. The zero-order valence-corrected chi connectivity index (χ0v) is 15.8. The van der Waals surface area contributed by atoms with E-state index < -0.39 is 0 Å². The predicted octanol–water partition coefficient (Wildman–Crippen LogP) is 1.75. The molecule has 0 saturated heterocycles. The van der Waals surface area contributed by atoms with Crippen molar-refractivity contribution in [1.29, 1.82) is 0 Å². The number of methoxy groups -OCH3 is 3. The summed E-state index contributed by atoms with van der Waals surface area (Å²) < 4.78 is 15.7. The molecule has 0 bridgehead atoms. The number of ether oxygens (including phenoxy) is 3. The van der Waals surface area contributed by atoms with Gasteiger partial charge in [0, 0.05) is 39.1 Å². The van der Waals surface area contributed by atoms with E-state index in [1.807, 2.05) is 12.1 Å². The Morgan fingerprint density at radius 3 is 2.41 bits per heavy atom. The van der Waals surface area contributed by atoms with Gasteiger partial charge in [-0.25, -0.2) is 9.97 Å². The van der Waals surface area contributed by atoms with Crippen molar-refractivity contribution in [3.05, 3.63) is 41.2 Å². The van der Waals surface area contributed by atoms with Gasteiger partial charge < -0.3 is 24.4 Å². The highest BCUT2D eigenvalue weighted by Crippen LogP contribution is 2.33. The Labute approximate surface area is 158 Å². The average Bonchev–Trinajstić information content (AvgIpc) is 2.72. The smallest absolute Gasteiger partial charge is 0.257 e. The second-order valence-electron chi connectivity index (χ2n) is 6.17. The second kappa shape index (κ2) is 8.68. The molecule has 1 aliphatic rings. The van der Waals surface area contributed by atoms with E-state index >= 15 is 0 Å². The standard InChI is InChI=1S/C19H24N4O4/c1-25-7-5-20-19-21-10-15(11-22-19)18(24)23-6-4-13-8-16(26-2)17(27-3)9-14(13)12-23/h8-11H,4-7,12H2,1-3H3,(H,20,21,22). The van der Waals surface area contributed by atoms with Gasteiger partial charge in [-0.3, -0.25) is 4.79 Å². The van der Waals surface area contributed by atoms with Crippen molar-refractivity contribution < 1.29 is 19.0 Å². The minimum absolute atomic E-state index is 0.0844. The fraction of sp³-hybridized carbons (Fsp3) is 0.421. The van der Waals surface area contributed by atoms with Crippen LogP contribution in [0.4, 0.5) is 5.95 Å². The van der Waals surface area contributed by atoms with Crippen LogP contribution in [0.2, 0.25) is 0 Å². The molecule has 0 atom stereocenters. The number of nitrogens with one attached hydrogen (secondary N) is 1. The summed E-state index contributed by atoms with van der Waals surface area (Å²) in [4.78, 5) is 23.0. The van der Waals surface area contributed by atoms with Gasteiger partial charge >= 0.3 is 0 Å². The Hall–Kier alpha value is -2.87. The first-order valence-electron chi connectivity index (χ1n) is 8.74. The van der Waals surface area contributed by atoms with Gasteiger partial charge in [-0.05, 0) is 29.7 Å². The van der Waals surface area contributed by atoms with Gasteiger partial charge in [0.15, 0.2) is 11.5 Å². The predicted molar refractivity (Wildman–Crippen MR) is 100 cm³/mol. The molecule has 0 unspecified atom stereocenters. The molecule has 8 heteroatoms. The van der Waals surface area contributed by atoms with Gasteiger partial charge in [0.2, 0.25) is 5.95 Å². The summed E-state index contributed by atoms with van der Waals surface area (Å²) >= 11 is 0. The molecule has 1 amide bonds. The molecular formula is C19H24N4O4. The Morgan fingerprint density at radius 2 is 1.78 bits per heavy atom. The lowest BCUT2D eigenvalue weighted by Gasteiger charge is -2.29. The van der Waals surface area contributed by atoms with Crippen LogP contribution in [0, 0.1) is 0 Å². The van der Waals surface area contributed by atoms with Gasteiger partial charge in [-0.2, -0.15) is 0 Å². The van der Waals surface area contributed by atoms with Gasteiger partial charge in [-0.15, -0.1) is 0 Å². The number of hydrogen-bond donors (Lipinski definition) is 1. The van der Waals surface area contributed by atoms with E-state index in [4.69, 9.17) is 14.2 Å². The van der Waals surface area contributed by atoms with Crippen LogP contribution in [0.3, 0.4) is 0 Å². The van der Waals surface area contributed by atoms with Crippen LogP contribution < -0.4 is 14.8 Å². The SMILES string of the molecule is COCCNc1ncc(C(=O)N2CCc3cc(OC)c(OC)cc3C2)cn1. The largest absolute Gasteiger partial charge is 0.493 e. The van der Waals surface area contributed by atoms with Crippen LogP contribution in [-0.4, -0.2) is 61.8 Å². The van der Waals surface area contributed by atoms with Crippen LogP contribution in [-0.2, 0) is 17.7 Å². The Kier molecular flexibility index (Phi) is 6.08. The normalized spacial score (nSPS) is 13.1. The minimum atomic E-state index is -0.0844. The van der Waals surface area contributed by atoms with Crippen molar-refractivity contribution in [2.45, 2.75) is 13.0 Å². The molecule has 0 fully saturated rings. The summed E-state index contributed by atoms with van der Waals surface area (Å²) in [7, 11) is 4.86. The first-order valence-corrected chi connectivity index (χ1v) is 8.74. The maximum Gasteiger partial charge on any atom is 0.257 e. The zero-order valence-electron chi connectivity index (χ0n) is 15.8. The molecule has 1 aliphatic heterocycles. The molecule has 27 heavy (non-hydrogen) atoms. The van der Waals surface area contributed by atoms with Crippen LogP contribution in [0.1, 0.15) is 21.5 Å². The van der Waals surface area contributed by atoms with Crippen LogP contribution >= 0.6 is 0 Å². The molecule has 0 radical (unpaired) electrons. The maximum absolute atomic E-state index is 12.8. The maximum atomic E-state index is 12.8. The molecule has 1 N–H and O–H groups in total. The number of carbonyl (C=O) groups is 1. The lowest BCUT2D eigenvalue weighted by Crippen LogP contribution is -2.36. The number of amides is 1. The van der Waals surface area contributed by atoms with Crippen molar-refractivity contribution in [3.63, 3.8) is 0 Å². The number of anilines is 1. The van der Waals surface area contributed by atoms with Gasteiger partial charge in [-0.1, -0.05) is 0 Å². The summed E-state index contributed by atoms with van der Waals surface area (Å²) in [5.74, 6) is 1.77. The van der Waals surface area contributed by atoms with Crippen molar-refractivity contribution in [2.24, 2.45) is 0 Å². The zero-order chi connectivity index (χ0) is 19.2. The summed E-state index contributed by atoms with van der Waals surface area (Å²) in [5.41, 5.74) is 2.70. The van der Waals surface area contributed by atoms with E-state index in [2.05, 4.69) is 15.3 Å². The molecule has 3 rings (SSSR count). The third-order valence-corrected chi connectivity index (χ3v) is 4.49. The Morgan fingerprint density at radius 1 is 1.11 bits per heavy atom. The quantitative estimate of drug-likeness (QED) is 0.741. The summed E-state index contributed by atoms with van der Waals surface area (Å²) in [6.07, 6.45) is 3.86. The van der Waals surface area contributed by atoms with Gasteiger partial charge in [0.1, 0.15) is 0 Å². The number of benzene rings is 1. The highest BCUT2D eigenvalue weighted by Gasteiger charge is 2.24. The lowest BCUT2D eigenvalue weighted by atomic mass is 9.98. The topological polar surface area (TPSA) is 85.8 Å². The van der Waals surface area contributed by atoms with E-state index in [0.717, 1.165) is 12.0 Å². The number of fused-ring (bicyclic) bond motifs is 1. The van der Waals surface area contributed by atoms with E-state index in [1.165, 1.54) is 5.56 Å². The molecule has 1 aromatic carbocycles. The number of carbonyl (C=O) groups excluding carboxylic acids is 1. The molecule has 8 nitrogen and oxygen atoms in total. The first kappa shape index (κ1) is 18.9. The van der Waals surface area contributed by atoms with Crippen LogP contribution in [0.25, 0.3) is 0 Å². The van der Waals surface area contributed by atoms with E-state index in [0.29, 0.717) is 49.3 Å². The second-order valence-corrected chi connectivity index (χ2v) is 6.17. The Bertz CT molecular complexity index is 795. The third-order valence-electron chi connectivity index (χ3n) is 4.49. The number of rotatable bonds is 7. The fourth-order valence-corrected chi connectivity index (χ4v) is 3.03. The van der Waals surface area contributed by atoms with E-state index in [9.17, 15) is 4.79 Å². The van der Waals surface area contributed by atoms with Crippen molar-refractivity contribution >= 4 is 11.9 Å². The minimum Gasteiger partial charge on any atom is -0.493 e. The van der Waals surface area contributed by atoms with Gasteiger partial charge in [0.25, 0.3) is 5.91 Å². The van der Waals surface area contributed by atoms with Gasteiger partial charge in [0.05, 0.1) is 26.4 Å². The molecule has 0 aliphatic carbocycles. The molecular weight excluding hydrogens is 348 g/mol. The van der Waals surface area contributed by atoms with Crippen molar-refractivity contribution in [1.82, 2.24) is 14.9 Å².